The Morgan fingerprint density at radius 3 is 1.02 bits per heavy atom. The molecule has 0 saturated heterocycles. The average Bonchev–Trinajstić information content (AvgIpc) is 3.11. The third kappa shape index (κ3) is 39.7. The average molecular weight is 709 g/mol. The number of ether oxygens (including phenoxy) is 3. The first-order valence-electron chi connectivity index (χ1n) is 22.6. The molecule has 1 atom stereocenters. The molecule has 0 amide bonds. The SMILES string of the molecule is CCCCCCCCCCCCCCCCCCCCCCOCC(COC(=O)CCCCCCCCC)OC(=O)CCCCCCCCC. The Morgan fingerprint density at radius 1 is 0.360 bits per heavy atom. The molecule has 1 unspecified atom stereocenters. The molecule has 0 aliphatic heterocycles. The highest BCUT2D eigenvalue weighted by Crippen LogP contribution is 2.16. The molecule has 0 aliphatic rings. The van der Waals surface area contributed by atoms with Crippen LogP contribution in [0.2, 0.25) is 0 Å². The molecule has 0 N–H and O–H groups in total. The number of hydrogen-bond acceptors (Lipinski definition) is 5. The quantitative estimate of drug-likeness (QED) is 0.0466. The van der Waals surface area contributed by atoms with E-state index in [2.05, 4.69) is 20.8 Å². The minimum Gasteiger partial charge on any atom is -0.462 e. The van der Waals surface area contributed by atoms with Gasteiger partial charge in [-0.1, -0.05) is 220 Å². The van der Waals surface area contributed by atoms with Gasteiger partial charge in [-0.05, 0) is 19.3 Å². The Labute approximate surface area is 312 Å². The maximum absolute atomic E-state index is 12.6. The number of carbonyl (C=O) groups excluding carboxylic acids is 2. The summed E-state index contributed by atoms with van der Waals surface area (Å²) in [6, 6.07) is 0. The van der Waals surface area contributed by atoms with Gasteiger partial charge in [0.1, 0.15) is 6.61 Å². The Balaban J connectivity index is 3.94. The van der Waals surface area contributed by atoms with Gasteiger partial charge in [0.05, 0.1) is 6.61 Å². The van der Waals surface area contributed by atoms with Crippen LogP contribution in [0, 0.1) is 0 Å². The highest BCUT2D eigenvalue weighted by atomic mass is 16.6. The van der Waals surface area contributed by atoms with Crippen LogP contribution in [0.3, 0.4) is 0 Å². The van der Waals surface area contributed by atoms with Crippen molar-refractivity contribution in [2.45, 2.75) is 258 Å². The monoisotopic (exact) mass is 709 g/mol. The number of esters is 2. The van der Waals surface area contributed by atoms with E-state index in [0.29, 0.717) is 26.1 Å². The minimum atomic E-state index is -0.518. The van der Waals surface area contributed by atoms with E-state index in [0.717, 1.165) is 32.1 Å². The second-order valence-corrected chi connectivity index (χ2v) is 15.3. The molecule has 5 nitrogen and oxygen atoms in total. The predicted molar refractivity (Wildman–Crippen MR) is 215 cm³/mol. The molecule has 0 aromatic rings. The lowest BCUT2D eigenvalue weighted by Crippen LogP contribution is -2.30. The Kier molecular flexibility index (Phi) is 41.4. The first kappa shape index (κ1) is 48.9. The van der Waals surface area contributed by atoms with Gasteiger partial charge >= 0.3 is 11.9 Å². The van der Waals surface area contributed by atoms with Crippen molar-refractivity contribution in [3.63, 3.8) is 0 Å². The van der Waals surface area contributed by atoms with Gasteiger partial charge in [-0.25, -0.2) is 0 Å². The van der Waals surface area contributed by atoms with Crippen molar-refractivity contribution in [2.75, 3.05) is 19.8 Å². The van der Waals surface area contributed by atoms with Gasteiger partial charge in [0.15, 0.2) is 6.10 Å². The lowest BCUT2D eigenvalue weighted by molar-refractivity contribution is -0.163. The molecule has 50 heavy (non-hydrogen) atoms. The molecule has 0 fully saturated rings. The van der Waals surface area contributed by atoms with E-state index in [1.807, 2.05) is 0 Å². The minimum absolute atomic E-state index is 0.0946. The van der Waals surface area contributed by atoms with Crippen LogP contribution in [0.25, 0.3) is 0 Å². The molecule has 0 spiro atoms. The van der Waals surface area contributed by atoms with Crippen LogP contribution in [0.15, 0.2) is 0 Å². The second kappa shape index (κ2) is 42.3. The zero-order chi connectivity index (χ0) is 36.4. The van der Waals surface area contributed by atoms with Gasteiger partial charge in [0, 0.05) is 19.4 Å². The van der Waals surface area contributed by atoms with Crippen molar-refractivity contribution in [1.82, 2.24) is 0 Å². The zero-order valence-electron chi connectivity index (χ0n) is 34.2. The fraction of sp³-hybridized carbons (Fsp3) is 0.956. The maximum Gasteiger partial charge on any atom is 0.306 e. The summed E-state index contributed by atoms with van der Waals surface area (Å²) < 4.78 is 17.2. The summed E-state index contributed by atoms with van der Waals surface area (Å²) in [5.41, 5.74) is 0. The molecule has 5 heteroatoms. The summed E-state index contributed by atoms with van der Waals surface area (Å²) in [7, 11) is 0. The van der Waals surface area contributed by atoms with Gasteiger partial charge in [0.2, 0.25) is 0 Å². The Hall–Kier alpha value is -1.10. The topological polar surface area (TPSA) is 61.8 Å². The van der Waals surface area contributed by atoms with Gasteiger partial charge < -0.3 is 14.2 Å². The van der Waals surface area contributed by atoms with Crippen LogP contribution < -0.4 is 0 Å². The highest BCUT2D eigenvalue weighted by molar-refractivity contribution is 5.70. The lowest BCUT2D eigenvalue weighted by Gasteiger charge is -2.18. The van der Waals surface area contributed by atoms with Crippen LogP contribution in [-0.2, 0) is 23.8 Å². The molecule has 0 saturated carbocycles. The molecule has 0 aromatic heterocycles. The molecule has 298 valence electrons. The van der Waals surface area contributed by atoms with Crippen LogP contribution >= 0.6 is 0 Å². The lowest BCUT2D eigenvalue weighted by atomic mass is 10.0. The van der Waals surface area contributed by atoms with E-state index >= 15 is 0 Å². The smallest absolute Gasteiger partial charge is 0.306 e. The molecular formula is C45H88O5. The summed E-state index contributed by atoms with van der Waals surface area (Å²) >= 11 is 0. The van der Waals surface area contributed by atoms with Gasteiger partial charge in [-0.2, -0.15) is 0 Å². The first-order valence-corrected chi connectivity index (χ1v) is 22.6. The molecule has 0 radical (unpaired) electrons. The van der Waals surface area contributed by atoms with Crippen molar-refractivity contribution in [3.05, 3.63) is 0 Å². The Bertz CT molecular complexity index is 680. The first-order chi connectivity index (χ1) is 24.6. The molecule has 0 heterocycles. The van der Waals surface area contributed by atoms with E-state index in [1.54, 1.807) is 0 Å². The molecule has 0 aromatic carbocycles. The van der Waals surface area contributed by atoms with Crippen molar-refractivity contribution < 1.29 is 23.8 Å². The van der Waals surface area contributed by atoms with E-state index < -0.39 is 6.10 Å². The second-order valence-electron chi connectivity index (χ2n) is 15.3. The van der Waals surface area contributed by atoms with Crippen molar-refractivity contribution >= 4 is 11.9 Å². The normalized spacial score (nSPS) is 12.0. The van der Waals surface area contributed by atoms with Gasteiger partial charge in [-0.3, -0.25) is 9.59 Å². The third-order valence-corrected chi connectivity index (χ3v) is 10.1. The zero-order valence-corrected chi connectivity index (χ0v) is 34.2. The van der Waals surface area contributed by atoms with Gasteiger partial charge in [0.25, 0.3) is 0 Å². The van der Waals surface area contributed by atoms with Crippen LogP contribution in [0.5, 0.6) is 0 Å². The summed E-state index contributed by atoms with van der Waals surface area (Å²) in [4.78, 5) is 24.9. The summed E-state index contributed by atoms with van der Waals surface area (Å²) in [6.07, 6.45) is 44.2. The molecular weight excluding hydrogens is 620 g/mol. The summed E-state index contributed by atoms with van der Waals surface area (Å²) in [5, 5.41) is 0. The number of carbonyl (C=O) groups is 2. The van der Waals surface area contributed by atoms with Crippen LogP contribution in [-0.4, -0.2) is 37.9 Å². The van der Waals surface area contributed by atoms with Crippen molar-refractivity contribution in [3.8, 4) is 0 Å². The Morgan fingerprint density at radius 2 is 0.660 bits per heavy atom. The van der Waals surface area contributed by atoms with Crippen molar-refractivity contribution in [2.24, 2.45) is 0 Å². The maximum atomic E-state index is 12.6. The van der Waals surface area contributed by atoms with E-state index in [9.17, 15) is 9.59 Å². The van der Waals surface area contributed by atoms with E-state index in [4.69, 9.17) is 14.2 Å². The van der Waals surface area contributed by atoms with Crippen LogP contribution in [0.4, 0.5) is 0 Å². The number of rotatable bonds is 42. The fourth-order valence-electron chi connectivity index (χ4n) is 6.75. The molecule has 0 bridgehead atoms. The third-order valence-electron chi connectivity index (χ3n) is 10.1. The predicted octanol–water partition coefficient (Wildman–Crippen LogP) is 14.6. The van der Waals surface area contributed by atoms with Crippen molar-refractivity contribution in [1.29, 1.82) is 0 Å². The van der Waals surface area contributed by atoms with E-state index in [1.165, 1.54) is 186 Å². The van der Waals surface area contributed by atoms with Crippen LogP contribution in [0.1, 0.15) is 252 Å². The summed E-state index contributed by atoms with van der Waals surface area (Å²) in [6.45, 7) is 7.80. The summed E-state index contributed by atoms with van der Waals surface area (Å²) in [5.74, 6) is -0.394. The largest absolute Gasteiger partial charge is 0.462 e. The van der Waals surface area contributed by atoms with E-state index in [-0.39, 0.29) is 18.5 Å². The molecule has 0 aliphatic carbocycles. The highest BCUT2D eigenvalue weighted by Gasteiger charge is 2.17. The number of unbranched alkanes of at least 4 members (excludes halogenated alkanes) is 31. The molecule has 0 rings (SSSR count). The number of hydrogen-bond donors (Lipinski definition) is 0. The fourth-order valence-corrected chi connectivity index (χ4v) is 6.75. The standard InChI is InChI=1S/C45H88O5/c1-4-7-10-13-16-17-18-19-20-21-22-23-24-25-26-27-28-31-34-37-40-48-41-43(50-45(47)39-36-33-30-15-12-9-6-3)42-49-44(46)38-35-32-29-14-11-8-5-2/h43H,4-42H2,1-3H3. The van der Waals surface area contributed by atoms with Gasteiger partial charge in [-0.15, -0.1) is 0 Å².